The Morgan fingerprint density at radius 2 is 1.52 bits per heavy atom. The molecule has 7 nitrogen and oxygen atoms in total. The van der Waals surface area contributed by atoms with Gasteiger partial charge in [0, 0.05) is 34.6 Å². The summed E-state index contributed by atoms with van der Waals surface area (Å²) in [5.41, 5.74) is 13.4. The van der Waals surface area contributed by atoms with Gasteiger partial charge in [0.1, 0.15) is 5.84 Å². The van der Waals surface area contributed by atoms with Gasteiger partial charge in [0.15, 0.2) is 0 Å². The van der Waals surface area contributed by atoms with Crippen LogP contribution in [0.15, 0.2) is 69.0 Å². The molecule has 4 rings (SSSR count). The SMILES string of the molecule is CCC(C)Nc1ccc(N=Nc2ccc(NNC3=NN=C(C)C3)c(C)c2C)c2ccccc12. The molecule has 0 saturated carbocycles. The number of anilines is 2. The Morgan fingerprint density at radius 3 is 2.24 bits per heavy atom. The lowest BCUT2D eigenvalue weighted by Crippen LogP contribution is -2.29. The zero-order valence-corrected chi connectivity index (χ0v) is 19.9. The second kappa shape index (κ2) is 9.81. The molecule has 0 aromatic heterocycles. The van der Waals surface area contributed by atoms with Crippen LogP contribution in [0.25, 0.3) is 10.8 Å². The summed E-state index contributed by atoms with van der Waals surface area (Å²) in [5, 5.41) is 23.2. The minimum Gasteiger partial charge on any atom is -0.382 e. The minimum atomic E-state index is 0.408. The van der Waals surface area contributed by atoms with E-state index in [0.29, 0.717) is 6.04 Å². The number of fused-ring (bicyclic) bond motifs is 1. The number of nitrogens with one attached hydrogen (secondary N) is 3. The van der Waals surface area contributed by atoms with E-state index in [1.807, 2.05) is 31.2 Å². The second-order valence-electron chi connectivity index (χ2n) is 8.52. The van der Waals surface area contributed by atoms with Crippen molar-refractivity contribution in [2.45, 2.75) is 53.5 Å². The van der Waals surface area contributed by atoms with Crippen LogP contribution in [-0.4, -0.2) is 17.6 Å². The number of rotatable bonds is 7. The lowest BCUT2D eigenvalue weighted by molar-refractivity contribution is 0.765. The van der Waals surface area contributed by atoms with Gasteiger partial charge in [0.2, 0.25) is 0 Å². The molecule has 0 spiro atoms. The molecule has 3 N–H and O–H groups in total. The first-order valence-corrected chi connectivity index (χ1v) is 11.4. The van der Waals surface area contributed by atoms with Gasteiger partial charge in [0.25, 0.3) is 0 Å². The van der Waals surface area contributed by atoms with Crippen LogP contribution in [0.4, 0.5) is 22.7 Å². The standard InChI is InChI=1S/C26H31N7/c1-6-16(2)27-24-13-14-25(21-10-8-7-9-20(21)24)31-29-22-11-12-23(19(5)18(22)4)30-33-26-15-17(3)28-32-26/h7-14,16,27,30H,6,15H2,1-5H3,(H,32,33). The van der Waals surface area contributed by atoms with E-state index in [2.05, 4.69) is 88.6 Å². The first kappa shape index (κ1) is 22.5. The fourth-order valence-electron chi connectivity index (χ4n) is 3.69. The van der Waals surface area contributed by atoms with Crippen molar-refractivity contribution in [3.8, 4) is 0 Å². The quantitative estimate of drug-likeness (QED) is 0.268. The minimum absolute atomic E-state index is 0.408. The molecule has 0 fully saturated rings. The Morgan fingerprint density at radius 1 is 0.818 bits per heavy atom. The highest BCUT2D eigenvalue weighted by Gasteiger charge is 2.11. The monoisotopic (exact) mass is 441 g/mol. The van der Waals surface area contributed by atoms with Gasteiger partial charge in [-0.25, -0.2) is 0 Å². The zero-order chi connectivity index (χ0) is 23.4. The maximum atomic E-state index is 4.62. The number of azo groups is 1. The summed E-state index contributed by atoms with van der Waals surface area (Å²) in [7, 11) is 0. The van der Waals surface area contributed by atoms with Gasteiger partial charge in [-0.15, -0.1) is 10.2 Å². The molecular formula is C26H31N7. The molecule has 1 aliphatic heterocycles. The Labute approximate surface area is 195 Å². The number of hydrogen-bond donors (Lipinski definition) is 3. The van der Waals surface area contributed by atoms with Crippen LogP contribution in [0.3, 0.4) is 0 Å². The molecular weight excluding hydrogens is 410 g/mol. The van der Waals surface area contributed by atoms with Crippen molar-refractivity contribution in [3.05, 3.63) is 59.7 Å². The number of nitrogens with zero attached hydrogens (tertiary/aromatic N) is 4. The summed E-state index contributed by atoms with van der Waals surface area (Å²) in [6.45, 7) is 10.5. The third kappa shape index (κ3) is 5.03. The first-order chi connectivity index (χ1) is 16.0. The highest BCUT2D eigenvalue weighted by atomic mass is 15.4. The van der Waals surface area contributed by atoms with Crippen LogP contribution in [-0.2, 0) is 0 Å². The van der Waals surface area contributed by atoms with E-state index >= 15 is 0 Å². The van der Waals surface area contributed by atoms with Crippen LogP contribution in [0, 0.1) is 13.8 Å². The second-order valence-corrected chi connectivity index (χ2v) is 8.52. The van der Waals surface area contributed by atoms with E-state index < -0.39 is 0 Å². The van der Waals surface area contributed by atoms with Gasteiger partial charge >= 0.3 is 0 Å². The first-order valence-electron chi connectivity index (χ1n) is 11.4. The van der Waals surface area contributed by atoms with E-state index in [-0.39, 0.29) is 0 Å². The predicted molar refractivity (Wildman–Crippen MR) is 139 cm³/mol. The van der Waals surface area contributed by atoms with Gasteiger partial charge < -0.3 is 5.32 Å². The van der Waals surface area contributed by atoms with Crippen molar-refractivity contribution >= 4 is 45.1 Å². The van der Waals surface area contributed by atoms with E-state index in [4.69, 9.17) is 0 Å². The largest absolute Gasteiger partial charge is 0.382 e. The lowest BCUT2D eigenvalue weighted by Gasteiger charge is -2.16. The third-order valence-electron chi connectivity index (χ3n) is 6.05. The highest BCUT2D eigenvalue weighted by molar-refractivity contribution is 6.05. The summed E-state index contributed by atoms with van der Waals surface area (Å²) >= 11 is 0. The van der Waals surface area contributed by atoms with Crippen LogP contribution < -0.4 is 16.2 Å². The molecule has 1 unspecified atom stereocenters. The molecule has 3 aromatic rings. The predicted octanol–water partition coefficient (Wildman–Crippen LogP) is 7.18. The topological polar surface area (TPSA) is 85.5 Å². The Kier molecular flexibility index (Phi) is 6.68. The van der Waals surface area contributed by atoms with Crippen molar-refractivity contribution in [2.24, 2.45) is 20.4 Å². The smallest absolute Gasteiger partial charge is 0.149 e. The molecule has 1 aliphatic rings. The summed E-state index contributed by atoms with van der Waals surface area (Å²) in [4.78, 5) is 0. The molecule has 0 saturated heterocycles. The number of hydrazine groups is 1. The van der Waals surface area contributed by atoms with Crippen LogP contribution in [0.2, 0.25) is 0 Å². The Balaban J connectivity index is 1.55. The van der Waals surface area contributed by atoms with Crippen LogP contribution in [0.1, 0.15) is 44.7 Å². The molecule has 0 aliphatic carbocycles. The molecule has 33 heavy (non-hydrogen) atoms. The molecule has 170 valence electrons. The van der Waals surface area contributed by atoms with Crippen LogP contribution in [0.5, 0.6) is 0 Å². The number of hydrogen-bond acceptors (Lipinski definition) is 7. The molecule has 7 heteroatoms. The Hall–Kier alpha value is -3.74. The maximum Gasteiger partial charge on any atom is 0.149 e. The van der Waals surface area contributed by atoms with Gasteiger partial charge in [-0.1, -0.05) is 31.2 Å². The summed E-state index contributed by atoms with van der Waals surface area (Å²) < 4.78 is 0. The molecule has 0 radical (unpaired) electrons. The average molecular weight is 442 g/mol. The van der Waals surface area contributed by atoms with Gasteiger partial charge in [-0.2, -0.15) is 10.2 Å². The molecule has 3 aromatic carbocycles. The summed E-state index contributed by atoms with van der Waals surface area (Å²) in [6, 6.07) is 16.8. The third-order valence-corrected chi connectivity index (χ3v) is 6.05. The van der Waals surface area contributed by atoms with Crippen molar-refractivity contribution in [3.63, 3.8) is 0 Å². The number of amidine groups is 1. The average Bonchev–Trinajstić information content (AvgIpc) is 3.25. The van der Waals surface area contributed by atoms with Gasteiger partial charge in [0.05, 0.1) is 17.1 Å². The molecule has 0 bridgehead atoms. The zero-order valence-electron chi connectivity index (χ0n) is 19.9. The van der Waals surface area contributed by atoms with E-state index in [1.165, 1.54) is 0 Å². The van der Waals surface area contributed by atoms with Crippen molar-refractivity contribution in [2.75, 3.05) is 10.7 Å². The normalized spacial score (nSPS) is 14.3. The summed E-state index contributed by atoms with van der Waals surface area (Å²) in [5.74, 6) is 0.812. The van der Waals surface area contributed by atoms with E-state index in [9.17, 15) is 0 Å². The van der Waals surface area contributed by atoms with E-state index in [0.717, 1.165) is 69.0 Å². The van der Waals surface area contributed by atoms with E-state index in [1.54, 1.807) is 0 Å². The molecule has 1 heterocycles. The van der Waals surface area contributed by atoms with Crippen molar-refractivity contribution in [1.82, 2.24) is 5.43 Å². The van der Waals surface area contributed by atoms with Crippen LogP contribution >= 0.6 is 0 Å². The van der Waals surface area contributed by atoms with Crippen molar-refractivity contribution < 1.29 is 0 Å². The summed E-state index contributed by atoms with van der Waals surface area (Å²) in [6.07, 6.45) is 1.80. The number of benzene rings is 3. The van der Waals surface area contributed by atoms with Gasteiger partial charge in [-0.3, -0.25) is 10.9 Å². The molecule has 1 atom stereocenters. The highest BCUT2D eigenvalue weighted by Crippen LogP contribution is 2.34. The fourth-order valence-corrected chi connectivity index (χ4v) is 3.69. The maximum absolute atomic E-state index is 4.62. The van der Waals surface area contributed by atoms with Gasteiger partial charge in [-0.05, 0) is 69.5 Å². The lowest BCUT2D eigenvalue weighted by atomic mass is 10.1. The Bertz CT molecular complexity index is 1260. The molecule has 0 amide bonds. The fraction of sp³-hybridized carbons (Fsp3) is 0.308. The van der Waals surface area contributed by atoms with Crippen molar-refractivity contribution in [1.29, 1.82) is 0 Å².